The zero-order chi connectivity index (χ0) is 19.9. The number of aliphatic hydroxyl groups is 2. The van der Waals surface area contributed by atoms with Crippen molar-refractivity contribution in [3.05, 3.63) is 59.7 Å². The highest BCUT2D eigenvalue weighted by Gasteiger charge is 2.23. The topological polar surface area (TPSA) is 58.9 Å². The van der Waals surface area contributed by atoms with E-state index in [1.54, 1.807) is 0 Å². The first-order chi connectivity index (χ1) is 12.9. The van der Waals surface area contributed by atoms with Crippen LogP contribution in [-0.2, 0) is 5.41 Å². The Morgan fingerprint density at radius 3 is 1.74 bits per heavy atom. The molecule has 0 aromatic heterocycles. The van der Waals surface area contributed by atoms with Crippen LogP contribution in [0.1, 0.15) is 38.3 Å². The number of aliphatic hydroxyl groups excluding tert-OH is 2. The normalized spacial score (nSPS) is 13.9. The van der Waals surface area contributed by atoms with Gasteiger partial charge in [0.25, 0.3) is 0 Å². The molecule has 2 N–H and O–H groups in total. The molecule has 5 heteroatoms. The number of hydrogen-bond donors (Lipinski definition) is 2. The van der Waals surface area contributed by atoms with Gasteiger partial charge >= 0.3 is 0 Å². The molecule has 4 nitrogen and oxygen atoms in total. The third kappa shape index (κ3) is 6.13. The van der Waals surface area contributed by atoms with Crippen molar-refractivity contribution in [1.82, 2.24) is 0 Å². The van der Waals surface area contributed by atoms with Gasteiger partial charge in [-0.2, -0.15) is 0 Å². The summed E-state index contributed by atoms with van der Waals surface area (Å²) in [6.45, 7) is 6.64. The van der Waals surface area contributed by atoms with Gasteiger partial charge in [-0.05, 0) is 41.8 Å². The van der Waals surface area contributed by atoms with Crippen molar-refractivity contribution < 1.29 is 19.7 Å². The lowest BCUT2D eigenvalue weighted by Gasteiger charge is -2.26. The van der Waals surface area contributed by atoms with Gasteiger partial charge < -0.3 is 19.7 Å². The molecule has 148 valence electrons. The van der Waals surface area contributed by atoms with E-state index in [4.69, 9.17) is 26.2 Å². The Morgan fingerprint density at radius 2 is 1.33 bits per heavy atom. The van der Waals surface area contributed by atoms with Crippen molar-refractivity contribution in [2.24, 2.45) is 0 Å². The maximum Gasteiger partial charge on any atom is 0.119 e. The Morgan fingerprint density at radius 1 is 0.889 bits per heavy atom. The van der Waals surface area contributed by atoms with E-state index in [0.29, 0.717) is 12.4 Å². The maximum absolute atomic E-state index is 9.36. The number of hydrogen-bond acceptors (Lipinski definition) is 4. The third-order valence-electron chi connectivity index (χ3n) is 4.68. The molecule has 2 atom stereocenters. The van der Waals surface area contributed by atoms with E-state index in [-0.39, 0.29) is 24.0 Å². The largest absolute Gasteiger partial charge is 0.492 e. The first-order valence-electron chi connectivity index (χ1n) is 9.26. The molecule has 0 unspecified atom stereocenters. The van der Waals surface area contributed by atoms with E-state index in [0.717, 1.165) is 17.7 Å². The van der Waals surface area contributed by atoms with E-state index in [1.165, 1.54) is 5.56 Å². The second-order valence-electron chi connectivity index (χ2n) is 7.14. The van der Waals surface area contributed by atoms with Crippen molar-refractivity contribution in [3.8, 4) is 11.5 Å². The lowest BCUT2D eigenvalue weighted by Crippen LogP contribution is -2.21. The quantitative estimate of drug-likeness (QED) is 0.596. The molecule has 0 spiro atoms. The summed E-state index contributed by atoms with van der Waals surface area (Å²) in [6.07, 6.45) is 0.0129. The molecule has 2 aromatic carbocycles. The summed E-state index contributed by atoms with van der Waals surface area (Å²) < 4.78 is 11.2. The fraction of sp³-hybridized carbons (Fsp3) is 0.455. The summed E-state index contributed by atoms with van der Waals surface area (Å²) in [5.74, 6) is 1.48. The van der Waals surface area contributed by atoms with Gasteiger partial charge in [0, 0.05) is 5.41 Å². The van der Waals surface area contributed by atoms with Crippen LogP contribution >= 0.6 is 11.6 Å². The SMILES string of the molecule is CC[C@@H](Cl)COc1ccc(C(C)(C)c2ccc(OC[C@@H](O)CO)cc2)cc1. The molecule has 0 bridgehead atoms. The van der Waals surface area contributed by atoms with E-state index in [9.17, 15) is 5.11 Å². The predicted molar refractivity (Wildman–Crippen MR) is 109 cm³/mol. The van der Waals surface area contributed by atoms with Crippen LogP contribution in [0.5, 0.6) is 11.5 Å². The second kappa shape index (κ2) is 9.98. The second-order valence-corrected chi connectivity index (χ2v) is 7.75. The van der Waals surface area contributed by atoms with Gasteiger partial charge in [-0.25, -0.2) is 0 Å². The van der Waals surface area contributed by atoms with Crippen LogP contribution in [0.4, 0.5) is 0 Å². The molecule has 2 rings (SSSR count). The Hall–Kier alpha value is -1.75. The molecule has 0 saturated heterocycles. The zero-order valence-corrected chi connectivity index (χ0v) is 16.9. The van der Waals surface area contributed by atoms with Gasteiger partial charge in [0.2, 0.25) is 0 Å². The predicted octanol–water partition coefficient (Wildman–Crippen LogP) is 4.14. The molecule has 0 saturated carbocycles. The van der Waals surface area contributed by atoms with Crippen LogP contribution in [0, 0.1) is 0 Å². The van der Waals surface area contributed by atoms with Crippen LogP contribution in [0.25, 0.3) is 0 Å². The number of benzene rings is 2. The fourth-order valence-corrected chi connectivity index (χ4v) is 2.71. The molecule has 27 heavy (non-hydrogen) atoms. The van der Waals surface area contributed by atoms with Gasteiger partial charge in [0.15, 0.2) is 0 Å². The molecule has 0 amide bonds. The van der Waals surface area contributed by atoms with Gasteiger partial charge in [-0.3, -0.25) is 0 Å². The molecule has 0 heterocycles. The fourth-order valence-electron chi connectivity index (χ4n) is 2.65. The molecule has 0 fully saturated rings. The van der Waals surface area contributed by atoms with Crippen molar-refractivity contribution in [1.29, 1.82) is 0 Å². The molecule has 2 aromatic rings. The first-order valence-corrected chi connectivity index (χ1v) is 9.70. The van der Waals surface area contributed by atoms with Gasteiger partial charge in [0.1, 0.15) is 30.8 Å². The molecule has 0 radical (unpaired) electrons. The van der Waals surface area contributed by atoms with Crippen LogP contribution in [0.2, 0.25) is 0 Å². The third-order valence-corrected chi connectivity index (χ3v) is 5.11. The highest BCUT2D eigenvalue weighted by molar-refractivity contribution is 6.20. The molecular formula is C22H29ClO4. The number of rotatable bonds is 10. The summed E-state index contributed by atoms with van der Waals surface area (Å²) in [6, 6.07) is 15.9. The van der Waals surface area contributed by atoms with Gasteiger partial charge in [-0.15, -0.1) is 11.6 Å². The summed E-state index contributed by atoms with van der Waals surface area (Å²) in [4.78, 5) is 0. The molecule has 0 aliphatic carbocycles. The average molecular weight is 393 g/mol. The van der Waals surface area contributed by atoms with Crippen LogP contribution in [-0.4, -0.2) is 41.5 Å². The lowest BCUT2D eigenvalue weighted by atomic mass is 9.78. The standard InChI is InChI=1S/C22H29ClO4/c1-4-18(23)14-26-20-9-5-16(6-10-20)22(2,3)17-7-11-21(12-8-17)27-15-19(25)13-24/h5-12,18-19,24-25H,4,13-15H2,1-3H3/t18-,19+/m1/s1. The zero-order valence-electron chi connectivity index (χ0n) is 16.2. The van der Waals surface area contributed by atoms with Crippen molar-refractivity contribution in [2.75, 3.05) is 19.8 Å². The van der Waals surface area contributed by atoms with E-state index in [2.05, 4.69) is 26.0 Å². The Balaban J connectivity index is 2.04. The van der Waals surface area contributed by atoms with Gasteiger partial charge in [-0.1, -0.05) is 45.0 Å². The highest BCUT2D eigenvalue weighted by atomic mass is 35.5. The van der Waals surface area contributed by atoms with E-state index < -0.39 is 6.10 Å². The molecular weight excluding hydrogens is 364 g/mol. The number of alkyl halides is 1. The summed E-state index contributed by atoms with van der Waals surface area (Å²) >= 11 is 6.10. The first kappa shape index (κ1) is 21.5. The summed E-state index contributed by atoms with van der Waals surface area (Å²) in [7, 11) is 0. The Labute approximate surface area is 166 Å². The van der Waals surface area contributed by atoms with Crippen molar-refractivity contribution in [3.63, 3.8) is 0 Å². The minimum atomic E-state index is -0.867. The van der Waals surface area contributed by atoms with Gasteiger partial charge in [0.05, 0.1) is 12.0 Å². The van der Waals surface area contributed by atoms with E-state index >= 15 is 0 Å². The minimum Gasteiger partial charge on any atom is -0.492 e. The van der Waals surface area contributed by atoms with Crippen molar-refractivity contribution >= 4 is 11.6 Å². The molecule has 0 aliphatic rings. The molecule has 0 aliphatic heterocycles. The monoisotopic (exact) mass is 392 g/mol. The summed E-state index contributed by atoms with van der Waals surface area (Å²) in [5.41, 5.74) is 2.15. The van der Waals surface area contributed by atoms with Crippen molar-refractivity contribution in [2.45, 2.75) is 44.1 Å². The van der Waals surface area contributed by atoms with E-state index in [1.807, 2.05) is 43.3 Å². The number of ether oxygens (including phenoxy) is 2. The minimum absolute atomic E-state index is 0.0281. The maximum atomic E-state index is 9.36. The summed E-state index contributed by atoms with van der Waals surface area (Å²) in [5, 5.41) is 18.2. The highest BCUT2D eigenvalue weighted by Crippen LogP contribution is 2.33. The van der Waals surface area contributed by atoms with Crippen LogP contribution in [0.3, 0.4) is 0 Å². The number of halogens is 1. The lowest BCUT2D eigenvalue weighted by molar-refractivity contribution is 0.0536. The Kier molecular flexibility index (Phi) is 7.96. The Bertz CT molecular complexity index is 623. The van der Waals surface area contributed by atoms with Crippen LogP contribution < -0.4 is 9.47 Å². The average Bonchev–Trinajstić information content (AvgIpc) is 2.70. The van der Waals surface area contributed by atoms with Crippen LogP contribution in [0.15, 0.2) is 48.5 Å². The smallest absolute Gasteiger partial charge is 0.119 e.